The molecule has 0 aliphatic rings. The maximum absolute atomic E-state index is 5.59. The largest absolute Gasteiger partial charge is 0.368 e. The van der Waals surface area contributed by atoms with Crippen LogP contribution in [0.2, 0.25) is 0 Å². The van der Waals surface area contributed by atoms with E-state index >= 15 is 0 Å². The number of fused-ring (bicyclic) bond motifs is 1. The van der Waals surface area contributed by atoms with Gasteiger partial charge in [0.05, 0.1) is 6.20 Å². The highest BCUT2D eigenvalue weighted by molar-refractivity contribution is 9.10. The van der Waals surface area contributed by atoms with Gasteiger partial charge in [0, 0.05) is 10.2 Å². The highest BCUT2D eigenvalue weighted by Crippen LogP contribution is 2.19. The molecule has 6 heteroatoms. The molecule has 2 heterocycles. The van der Waals surface area contributed by atoms with Gasteiger partial charge in [-0.2, -0.15) is 4.98 Å². The Morgan fingerprint density at radius 3 is 2.94 bits per heavy atom. The minimum Gasteiger partial charge on any atom is -0.368 e. The van der Waals surface area contributed by atoms with E-state index in [4.69, 9.17) is 5.73 Å². The van der Waals surface area contributed by atoms with Gasteiger partial charge in [-0.3, -0.25) is 4.57 Å². The van der Waals surface area contributed by atoms with Gasteiger partial charge in [0.25, 0.3) is 0 Å². The van der Waals surface area contributed by atoms with Gasteiger partial charge in [0.1, 0.15) is 11.8 Å². The molecule has 0 spiro atoms. The molecule has 0 aliphatic carbocycles. The molecule has 0 unspecified atom stereocenters. The number of benzene rings is 1. The molecule has 0 fully saturated rings. The van der Waals surface area contributed by atoms with Crippen molar-refractivity contribution in [1.29, 1.82) is 0 Å². The van der Waals surface area contributed by atoms with Crippen molar-refractivity contribution in [2.24, 2.45) is 0 Å². The highest BCUT2D eigenvalue weighted by Gasteiger charge is 2.07. The van der Waals surface area contributed by atoms with Gasteiger partial charge in [0.15, 0.2) is 5.65 Å². The predicted octanol–water partition coefficient (Wildman–Crippen LogP) is 2.16. The second-order valence-electron chi connectivity index (χ2n) is 3.53. The number of anilines is 1. The molecule has 0 amide bonds. The average Bonchev–Trinajstić information content (AvgIpc) is 2.71. The van der Waals surface area contributed by atoms with Crippen molar-refractivity contribution in [3.8, 4) is 5.69 Å². The summed E-state index contributed by atoms with van der Waals surface area (Å²) in [5.74, 6) is 0.245. The summed E-state index contributed by atoms with van der Waals surface area (Å²) >= 11 is 3.44. The molecule has 1 aromatic carbocycles. The topological polar surface area (TPSA) is 69.6 Å². The van der Waals surface area contributed by atoms with Crippen LogP contribution in [0.25, 0.3) is 16.9 Å². The fraction of sp³-hybridized carbons (Fsp3) is 0. The van der Waals surface area contributed by atoms with E-state index < -0.39 is 0 Å². The molecule has 0 saturated carbocycles. The number of imidazole rings is 1. The molecule has 2 aromatic heterocycles. The first-order valence-electron chi connectivity index (χ1n) is 4.95. The normalized spacial score (nSPS) is 10.9. The number of nitrogen functional groups attached to an aromatic ring is 1. The van der Waals surface area contributed by atoms with Crippen molar-refractivity contribution in [1.82, 2.24) is 19.5 Å². The summed E-state index contributed by atoms with van der Waals surface area (Å²) in [7, 11) is 0. The molecule has 17 heavy (non-hydrogen) atoms. The van der Waals surface area contributed by atoms with Crippen LogP contribution < -0.4 is 5.73 Å². The van der Waals surface area contributed by atoms with Crippen molar-refractivity contribution in [2.45, 2.75) is 0 Å². The second-order valence-corrected chi connectivity index (χ2v) is 4.45. The summed E-state index contributed by atoms with van der Waals surface area (Å²) in [4.78, 5) is 12.3. The molecular formula is C11H8BrN5. The number of hydrogen-bond acceptors (Lipinski definition) is 4. The Bertz CT molecular complexity index is 691. The van der Waals surface area contributed by atoms with Gasteiger partial charge in [-0.1, -0.05) is 22.0 Å². The van der Waals surface area contributed by atoms with Gasteiger partial charge >= 0.3 is 0 Å². The fourth-order valence-electron chi connectivity index (χ4n) is 1.64. The Balaban J connectivity index is 2.27. The maximum Gasteiger partial charge on any atom is 0.222 e. The third kappa shape index (κ3) is 1.76. The lowest BCUT2D eigenvalue weighted by atomic mass is 10.3. The Hall–Kier alpha value is -1.95. The van der Waals surface area contributed by atoms with E-state index in [0.29, 0.717) is 5.65 Å². The molecule has 3 aromatic rings. The number of halogens is 1. The van der Waals surface area contributed by atoms with Crippen LogP contribution in [-0.4, -0.2) is 19.5 Å². The summed E-state index contributed by atoms with van der Waals surface area (Å²) in [6.07, 6.45) is 3.33. The summed E-state index contributed by atoms with van der Waals surface area (Å²) < 4.78 is 2.87. The van der Waals surface area contributed by atoms with Crippen LogP contribution in [0.1, 0.15) is 0 Å². The van der Waals surface area contributed by atoms with Crippen LogP contribution >= 0.6 is 15.9 Å². The summed E-state index contributed by atoms with van der Waals surface area (Å²) in [6.45, 7) is 0. The Morgan fingerprint density at radius 2 is 2.12 bits per heavy atom. The SMILES string of the molecule is Nc1ncc2ncn(-c3cccc(Br)c3)c2n1. The zero-order chi connectivity index (χ0) is 11.8. The van der Waals surface area contributed by atoms with E-state index in [0.717, 1.165) is 15.7 Å². The van der Waals surface area contributed by atoms with Crippen molar-refractivity contribution in [3.05, 3.63) is 41.3 Å². The zero-order valence-electron chi connectivity index (χ0n) is 8.71. The van der Waals surface area contributed by atoms with Crippen LogP contribution in [0.3, 0.4) is 0 Å². The fourth-order valence-corrected chi connectivity index (χ4v) is 2.02. The predicted molar refractivity (Wildman–Crippen MR) is 68.8 cm³/mol. The van der Waals surface area contributed by atoms with Crippen molar-refractivity contribution in [2.75, 3.05) is 5.73 Å². The molecule has 0 saturated heterocycles. The Kier molecular flexibility index (Phi) is 2.29. The zero-order valence-corrected chi connectivity index (χ0v) is 10.3. The monoisotopic (exact) mass is 289 g/mol. The Morgan fingerprint density at radius 1 is 1.24 bits per heavy atom. The van der Waals surface area contributed by atoms with Gasteiger partial charge < -0.3 is 5.73 Å². The number of hydrogen-bond donors (Lipinski definition) is 1. The van der Waals surface area contributed by atoms with Gasteiger partial charge in [-0.25, -0.2) is 9.97 Å². The van der Waals surface area contributed by atoms with E-state index in [1.54, 1.807) is 12.5 Å². The first-order chi connectivity index (χ1) is 8.24. The Labute approximate surface area is 105 Å². The lowest BCUT2D eigenvalue weighted by molar-refractivity contribution is 1.06. The van der Waals surface area contributed by atoms with E-state index in [1.165, 1.54) is 0 Å². The molecular weight excluding hydrogens is 282 g/mol. The maximum atomic E-state index is 5.59. The van der Waals surface area contributed by atoms with E-state index in [1.807, 2.05) is 28.8 Å². The van der Waals surface area contributed by atoms with Crippen LogP contribution in [0.4, 0.5) is 5.95 Å². The minimum absolute atomic E-state index is 0.245. The second kappa shape index (κ2) is 3.81. The lowest BCUT2D eigenvalue weighted by Crippen LogP contribution is -1.98. The lowest BCUT2D eigenvalue weighted by Gasteiger charge is -2.03. The van der Waals surface area contributed by atoms with Gasteiger partial charge in [0.2, 0.25) is 5.95 Å². The first kappa shape index (κ1) is 10.2. The van der Waals surface area contributed by atoms with Crippen molar-refractivity contribution in [3.63, 3.8) is 0 Å². The van der Waals surface area contributed by atoms with E-state index in [9.17, 15) is 0 Å². The van der Waals surface area contributed by atoms with Gasteiger partial charge in [-0.15, -0.1) is 0 Å². The number of aromatic nitrogens is 4. The molecule has 2 N–H and O–H groups in total. The van der Waals surface area contributed by atoms with Crippen LogP contribution in [0.15, 0.2) is 41.3 Å². The smallest absolute Gasteiger partial charge is 0.222 e. The van der Waals surface area contributed by atoms with Crippen LogP contribution in [-0.2, 0) is 0 Å². The number of rotatable bonds is 1. The standard InChI is InChI=1S/C11H8BrN5/c12-7-2-1-3-8(4-7)17-6-15-9-5-14-11(13)16-10(9)17/h1-6H,(H2,13,14,16). The van der Waals surface area contributed by atoms with Crippen molar-refractivity contribution >= 4 is 33.0 Å². The molecule has 0 aliphatic heterocycles. The number of nitrogens with two attached hydrogens (primary N) is 1. The van der Waals surface area contributed by atoms with Gasteiger partial charge in [-0.05, 0) is 18.2 Å². The van der Waals surface area contributed by atoms with Crippen LogP contribution in [0.5, 0.6) is 0 Å². The molecule has 0 atom stereocenters. The quantitative estimate of drug-likeness (QED) is 0.745. The molecule has 0 radical (unpaired) electrons. The third-order valence-corrected chi connectivity index (χ3v) is 2.89. The average molecular weight is 290 g/mol. The molecule has 3 rings (SSSR count). The number of nitrogens with zero attached hydrogens (tertiary/aromatic N) is 4. The third-order valence-electron chi connectivity index (χ3n) is 2.40. The summed E-state index contributed by atoms with van der Waals surface area (Å²) in [5, 5.41) is 0. The first-order valence-corrected chi connectivity index (χ1v) is 5.75. The van der Waals surface area contributed by atoms with Crippen LogP contribution in [0, 0.1) is 0 Å². The van der Waals surface area contributed by atoms with E-state index in [2.05, 4.69) is 30.9 Å². The molecule has 0 bridgehead atoms. The molecule has 5 nitrogen and oxygen atoms in total. The minimum atomic E-state index is 0.245. The van der Waals surface area contributed by atoms with E-state index in [-0.39, 0.29) is 5.95 Å². The highest BCUT2D eigenvalue weighted by atomic mass is 79.9. The van der Waals surface area contributed by atoms with Crippen molar-refractivity contribution < 1.29 is 0 Å². The molecule has 84 valence electrons. The summed E-state index contributed by atoms with van der Waals surface area (Å²) in [6, 6.07) is 7.88. The summed E-state index contributed by atoms with van der Waals surface area (Å²) in [5.41, 5.74) is 7.99.